The molecule has 1 aliphatic heterocycles. The van der Waals surface area contributed by atoms with E-state index in [0.717, 1.165) is 33.5 Å². The summed E-state index contributed by atoms with van der Waals surface area (Å²) >= 11 is 0. The molecule has 0 saturated heterocycles. The molecule has 2 heterocycles. The Morgan fingerprint density at radius 3 is 1.38 bits per heavy atom. The molecule has 0 radical (unpaired) electrons. The number of hydrogen-bond donors (Lipinski definition) is 0. The Balaban J connectivity index is 1.08. The van der Waals surface area contributed by atoms with E-state index in [-0.39, 0.29) is 6.04 Å². The van der Waals surface area contributed by atoms with Crippen molar-refractivity contribution in [2.24, 2.45) is 4.99 Å². The van der Waals surface area contributed by atoms with Gasteiger partial charge in [0.05, 0.1) is 11.8 Å². The third kappa shape index (κ3) is 9.25. The van der Waals surface area contributed by atoms with Crippen LogP contribution in [0.4, 0.5) is 8.63 Å². The largest absolute Gasteiger partial charge is 0.677 e. The van der Waals surface area contributed by atoms with Crippen LogP contribution in [0, 0.1) is 6.92 Å². The van der Waals surface area contributed by atoms with Crippen molar-refractivity contribution in [2.75, 3.05) is 0 Å². The Bertz CT molecular complexity index is 2870. The van der Waals surface area contributed by atoms with E-state index in [1.54, 1.807) is 0 Å². The molecule has 2 unspecified atom stereocenters. The highest BCUT2D eigenvalue weighted by atomic mass is 31.1. The van der Waals surface area contributed by atoms with Crippen molar-refractivity contribution in [3.05, 3.63) is 258 Å². The molecule has 8 aromatic rings. The van der Waals surface area contributed by atoms with Gasteiger partial charge in [-0.15, -0.1) is 0 Å². The van der Waals surface area contributed by atoms with Crippen LogP contribution in [0.2, 0.25) is 0 Å². The second-order valence-corrected chi connectivity index (χ2v) is 20.2. The molecule has 0 spiro atoms. The maximum atomic E-state index is 15.7. The molecular formula is C57H47BF2N2P2. The number of allylic oxidation sites excluding steroid dienone is 2. The number of aryl methyl sites for hydroxylation is 1. The van der Waals surface area contributed by atoms with Gasteiger partial charge in [0.1, 0.15) is 0 Å². The third-order valence-electron chi connectivity index (χ3n) is 11.7. The standard InChI is InChI=1S/C57H47BF2N2P2/c1-42-40-47(38-36-44-22-18-20-34-53(44)63(49-26-10-4-11-27-49)50-28-12-5-13-29-50)61-56(42)55(46-24-8-3-9-25-46)57-43(2)41-48(62(57)58(59)60)39-37-45-23-19-21-35-54(45)64(51-30-14-6-15-31-51)52-32-16-7-17-33-52/h3-41,55-56H,1-2H3/b38-36+,39-37-. The molecule has 0 aliphatic carbocycles. The first-order valence-electron chi connectivity index (χ1n) is 21.6. The highest BCUT2D eigenvalue weighted by Crippen LogP contribution is 2.40. The first kappa shape index (κ1) is 42.8. The molecule has 0 bridgehead atoms. The van der Waals surface area contributed by atoms with Crippen LogP contribution < -0.4 is 31.8 Å². The Morgan fingerprint density at radius 2 is 0.922 bits per heavy atom. The van der Waals surface area contributed by atoms with Crippen LogP contribution in [0.3, 0.4) is 0 Å². The average molecular weight is 871 g/mol. The van der Waals surface area contributed by atoms with Crippen molar-refractivity contribution in [1.82, 2.24) is 4.48 Å². The minimum absolute atomic E-state index is 0.382. The second kappa shape index (κ2) is 19.9. The van der Waals surface area contributed by atoms with Crippen LogP contribution in [-0.2, 0) is 0 Å². The van der Waals surface area contributed by atoms with Gasteiger partial charge >= 0.3 is 7.40 Å². The van der Waals surface area contributed by atoms with Gasteiger partial charge in [0, 0.05) is 17.3 Å². The number of aliphatic imine (C=N–C) groups is 1. The van der Waals surface area contributed by atoms with Gasteiger partial charge in [-0.3, -0.25) is 13.6 Å². The lowest BCUT2D eigenvalue weighted by molar-refractivity contribution is 0.594. The van der Waals surface area contributed by atoms with Gasteiger partial charge in [0.25, 0.3) is 0 Å². The molecule has 0 fully saturated rings. The first-order chi connectivity index (χ1) is 31.4. The van der Waals surface area contributed by atoms with Crippen molar-refractivity contribution in [1.29, 1.82) is 0 Å². The van der Waals surface area contributed by atoms with Gasteiger partial charge in [-0.05, 0) is 114 Å². The van der Waals surface area contributed by atoms with Crippen molar-refractivity contribution in [2.45, 2.75) is 25.8 Å². The van der Waals surface area contributed by atoms with E-state index in [9.17, 15) is 0 Å². The zero-order valence-corrected chi connectivity index (χ0v) is 37.6. The van der Waals surface area contributed by atoms with Gasteiger partial charge in [0.2, 0.25) is 0 Å². The molecule has 0 N–H and O–H groups in total. The van der Waals surface area contributed by atoms with E-state index < -0.39 is 29.2 Å². The Kier molecular flexibility index (Phi) is 13.3. The normalized spacial score (nSPS) is 14.4. The fraction of sp³-hybridized carbons (Fsp3) is 0.0702. The number of nitrogens with zero attached hydrogens (tertiary/aromatic N) is 2. The zero-order valence-electron chi connectivity index (χ0n) is 35.8. The van der Waals surface area contributed by atoms with E-state index in [4.69, 9.17) is 4.99 Å². The monoisotopic (exact) mass is 870 g/mol. The summed E-state index contributed by atoms with van der Waals surface area (Å²) in [4.78, 5) is 5.33. The smallest absolute Gasteiger partial charge is 0.329 e. The summed E-state index contributed by atoms with van der Waals surface area (Å²) in [6.45, 7) is 4.02. The minimum atomic E-state index is -2.77. The number of rotatable bonds is 14. The molecule has 9 rings (SSSR count). The molecular weight excluding hydrogens is 823 g/mol. The van der Waals surface area contributed by atoms with Gasteiger partial charge in [-0.1, -0.05) is 212 Å². The van der Waals surface area contributed by atoms with Crippen LogP contribution in [0.25, 0.3) is 18.2 Å². The molecule has 0 amide bonds. The van der Waals surface area contributed by atoms with Gasteiger partial charge in [0.15, 0.2) is 0 Å². The average Bonchev–Trinajstić information content (AvgIpc) is 3.88. The van der Waals surface area contributed by atoms with Crippen molar-refractivity contribution < 1.29 is 8.63 Å². The van der Waals surface area contributed by atoms with E-state index in [2.05, 4.69) is 177 Å². The van der Waals surface area contributed by atoms with Crippen molar-refractivity contribution >= 4 is 79.0 Å². The van der Waals surface area contributed by atoms with Gasteiger partial charge < -0.3 is 4.48 Å². The Labute approximate surface area is 378 Å². The van der Waals surface area contributed by atoms with Crippen LogP contribution in [0.1, 0.15) is 46.5 Å². The molecule has 1 aliphatic rings. The van der Waals surface area contributed by atoms with E-state index in [1.165, 1.54) is 36.3 Å². The molecule has 2 nitrogen and oxygen atoms in total. The van der Waals surface area contributed by atoms with Crippen LogP contribution in [0.15, 0.2) is 229 Å². The maximum Gasteiger partial charge on any atom is 0.677 e. The minimum Gasteiger partial charge on any atom is -0.329 e. The predicted molar refractivity (Wildman–Crippen MR) is 274 cm³/mol. The predicted octanol–water partition coefficient (Wildman–Crippen LogP) is 11.9. The Morgan fingerprint density at radius 1 is 0.516 bits per heavy atom. The van der Waals surface area contributed by atoms with Gasteiger partial charge in [-0.25, -0.2) is 0 Å². The second-order valence-electron chi connectivity index (χ2n) is 15.9. The number of hydrogen-bond acceptors (Lipinski definition) is 1. The zero-order chi connectivity index (χ0) is 43.8. The maximum absolute atomic E-state index is 15.7. The summed E-state index contributed by atoms with van der Waals surface area (Å²) in [6.07, 6.45) is 10.2. The van der Waals surface area contributed by atoms with Crippen LogP contribution in [-0.4, -0.2) is 23.6 Å². The van der Waals surface area contributed by atoms with E-state index >= 15 is 8.63 Å². The highest BCUT2D eigenvalue weighted by Gasteiger charge is 2.36. The van der Waals surface area contributed by atoms with Crippen molar-refractivity contribution in [3.8, 4) is 0 Å². The molecule has 7 heteroatoms. The molecule has 0 saturated carbocycles. The molecule has 1 aromatic heterocycles. The summed E-state index contributed by atoms with van der Waals surface area (Å²) < 4.78 is 32.7. The summed E-state index contributed by atoms with van der Waals surface area (Å²) in [5, 5.41) is 7.45. The summed E-state index contributed by atoms with van der Waals surface area (Å²) in [5.74, 6) is -0.452. The fourth-order valence-corrected chi connectivity index (χ4v) is 13.7. The summed E-state index contributed by atoms with van der Waals surface area (Å²) in [6, 6.07) is 71.0. The lowest BCUT2D eigenvalue weighted by Gasteiger charge is -2.26. The number of benzene rings is 7. The van der Waals surface area contributed by atoms with E-state index in [0.29, 0.717) is 11.4 Å². The first-order valence-corrected chi connectivity index (χ1v) is 24.3. The number of halogens is 2. The van der Waals surface area contributed by atoms with Crippen LogP contribution >= 0.6 is 15.8 Å². The lowest BCUT2D eigenvalue weighted by atomic mass is 9.83. The quantitative estimate of drug-likeness (QED) is 0.0765. The Hall–Kier alpha value is -6.51. The van der Waals surface area contributed by atoms with Crippen LogP contribution in [0.5, 0.6) is 0 Å². The third-order valence-corrected chi connectivity index (χ3v) is 16.7. The SMILES string of the molecule is CC1=CC(/C=C/c2ccccc2P(c2ccccc2)c2ccccc2)=NC1C(c1ccccc1)c1c(C)cc(/C=C\c2ccccc2P(c2ccccc2)c2ccccc2)n1B(F)F. The molecule has 312 valence electrons. The summed E-state index contributed by atoms with van der Waals surface area (Å²) in [7, 11) is -4.50. The molecule has 7 aromatic carbocycles. The lowest BCUT2D eigenvalue weighted by Crippen LogP contribution is -2.26. The summed E-state index contributed by atoms with van der Waals surface area (Å²) in [5.41, 5.74) is 6.73. The van der Waals surface area contributed by atoms with Gasteiger partial charge in [-0.2, -0.15) is 0 Å². The fourth-order valence-electron chi connectivity index (χ4n) is 8.81. The highest BCUT2D eigenvalue weighted by molar-refractivity contribution is 7.80. The van der Waals surface area contributed by atoms with Crippen molar-refractivity contribution in [3.63, 3.8) is 0 Å². The topological polar surface area (TPSA) is 17.3 Å². The van der Waals surface area contributed by atoms with E-state index in [1.807, 2.05) is 73.7 Å². The molecule has 64 heavy (non-hydrogen) atoms. The number of aromatic nitrogens is 1. The molecule has 2 atom stereocenters.